The van der Waals surface area contributed by atoms with Crippen LogP contribution in [-0.4, -0.2) is 56.9 Å². The maximum Gasteiger partial charge on any atom is 0.194 e. The van der Waals surface area contributed by atoms with Crippen LogP contribution in [0, 0.1) is 11.2 Å². The van der Waals surface area contributed by atoms with Crippen LogP contribution in [0.25, 0.3) is 0 Å². The molecule has 7 heteroatoms. The Balaban J connectivity index is 0.00000225. The summed E-state index contributed by atoms with van der Waals surface area (Å²) in [4.78, 5) is 6.98. The van der Waals surface area contributed by atoms with Crippen LogP contribution in [0.2, 0.25) is 0 Å². The molecule has 0 bridgehead atoms. The maximum absolute atomic E-state index is 13.1. The van der Waals surface area contributed by atoms with Gasteiger partial charge < -0.3 is 19.7 Å². The Labute approximate surface area is 166 Å². The van der Waals surface area contributed by atoms with Gasteiger partial charge in [0.25, 0.3) is 0 Å². The average Bonchev–Trinajstić information content (AvgIpc) is 3.21. The Bertz CT molecular complexity index is 579. The van der Waals surface area contributed by atoms with Gasteiger partial charge in [-0.2, -0.15) is 0 Å². The molecule has 0 aromatic heterocycles. The third-order valence-corrected chi connectivity index (χ3v) is 4.68. The van der Waals surface area contributed by atoms with Crippen molar-refractivity contribution < 1.29 is 13.9 Å². The molecule has 1 aromatic carbocycles. The maximum atomic E-state index is 13.1. The molecule has 0 radical (unpaired) electrons. The van der Waals surface area contributed by atoms with Crippen LogP contribution in [0.5, 0.6) is 5.75 Å². The van der Waals surface area contributed by atoms with Crippen molar-refractivity contribution in [3.63, 3.8) is 0 Å². The number of nitrogens with one attached hydrogen (secondary N) is 1. The zero-order valence-electron chi connectivity index (χ0n) is 14.7. The van der Waals surface area contributed by atoms with E-state index >= 15 is 0 Å². The normalized spacial score (nSPS) is 23.0. The third-order valence-electron chi connectivity index (χ3n) is 4.68. The monoisotopic (exact) mass is 463 g/mol. The first kappa shape index (κ1) is 20.2. The number of aliphatic imine (C=N–C) groups is 1. The summed E-state index contributed by atoms with van der Waals surface area (Å²) in [5.74, 6) is 1.19. The molecule has 0 saturated carbocycles. The van der Waals surface area contributed by atoms with Crippen LogP contribution < -0.4 is 10.1 Å². The van der Waals surface area contributed by atoms with E-state index in [2.05, 4.69) is 22.1 Å². The lowest BCUT2D eigenvalue weighted by molar-refractivity contribution is 0.156. The van der Waals surface area contributed by atoms with E-state index in [4.69, 9.17) is 9.47 Å². The van der Waals surface area contributed by atoms with Crippen molar-refractivity contribution in [3.8, 4) is 5.75 Å². The summed E-state index contributed by atoms with van der Waals surface area (Å²) in [5, 5.41) is 3.36. The Morgan fingerprint density at radius 1 is 1.44 bits per heavy atom. The van der Waals surface area contributed by atoms with Crippen molar-refractivity contribution in [1.82, 2.24) is 10.2 Å². The minimum absolute atomic E-state index is 0. The van der Waals surface area contributed by atoms with Crippen molar-refractivity contribution >= 4 is 29.9 Å². The standard InChI is InChI=1S/C18H26FN3O2.HI/c1-2-20-17(22-9-6-18(13-22)7-10-23-14-18)21-8-11-24-16-5-3-4-15(19)12-16;/h3-5,12H,2,6-11,13-14H2,1H3,(H,20,21);1H. The first-order valence-electron chi connectivity index (χ1n) is 8.70. The van der Waals surface area contributed by atoms with Gasteiger partial charge in [-0.25, -0.2) is 9.38 Å². The number of benzene rings is 1. The van der Waals surface area contributed by atoms with E-state index in [1.807, 2.05) is 0 Å². The van der Waals surface area contributed by atoms with Crippen molar-refractivity contribution in [2.75, 3.05) is 46.0 Å². The first-order valence-corrected chi connectivity index (χ1v) is 8.70. The van der Waals surface area contributed by atoms with Gasteiger partial charge in [0.05, 0.1) is 13.2 Å². The average molecular weight is 463 g/mol. The fourth-order valence-electron chi connectivity index (χ4n) is 3.38. The second-order valence-electron chi connectivity index (χ2n) is 6.52. The number of rotatable bonds is 5. The largest absolute Gasteiger partial charge is 0.492 e. The number of hydrogen-bond acceptors (Lipinski definition) is 3. The lowest BCUT2D eigenvalue weighted by Crippen LogP contribution is -2.41. The molecule has 140 valence electrons. The van der Waals surface area contributed by atoms with E-state index in [1.54, 1.807) is 12.1 Å². The molecule has 3 rings (SSSR count). The van der Waals surface area contributed by atoms with Crippen LogP contribution in [-0.2, 0) is 4.74 Å². The summed E-state index contributed by atoms with van der Waals surface area (Å²) in [6.45, 7) is 7.64. The van der Waals surface area contributed by atoms with E-state index in [-0.39, 0.29) is 29.8 Å². The summed E-state index contributed by atoms with van der Waals surface area (Å²) < 4.78 is 24.3. The second-order valence-corrected chi connectivity index (χ2v) is 6.52. The van der Waals surface area contributed by atoms with Crippen molar-refractivity contribution in [3.05, 3.63) is 30.1 Å². The molecule has 2 aliphatic rings. The van der Waals surface area contributed by atoms with Crippen molar-refractivity contribution in [2.45, 2.75) is 19.8 Å². The highest BCUT2D eigenvalue weighted by atomic mass is 127. The number of guanidine groups is 1. The predicted octanol–water partition coefficient (Wildman–Crippen LogP) is 2.90. The molecule has 2 heterocycles. The van der Waals surface area contributed by atoms with E-state index in [0.29, 0.717) is 24.3 Å². The number of nitrogens with zero attached hydrogens (tertiary/aromatic N) is 2. The van der Waals surface area contributed by atoms with Gasteiger partial charge in [0.2, 0.25) is 0 Å². The van der Waals surface area contributed by atoms with Crippen LogP contribution >= 0.6 is 24.0 Å². The Hall–Kier alpha value is -1.09. The minimum Gasteiger partial charge on any atom is -0.492 e. The molecular formula is C18H27FIN3O2. The lowest BCUT2D eigenvalue weighted by Gasteiger charge is -2.25. The van der Waals surface area contributed by atoms with E-state index < -0.39 is 0 Å². The summed E-state index contributed by atoms with van der Waals surface area (Å²) >= 11 is 0. The molecule has 0 amide bonds. The molecule has 1 unspecified atom stereocenters. The van der Waals surface area contributed by atoms with E-state index in [0.717, 1.165) is 51.6 Å². The van der Waals surface area contributed by atoms with E-state index in [1.165, 1.54) is 12.1 Å². The topological polar surface area (TPSA) is 46.1 Å². The molecule has 1 N–H and O–H groups in total. The van der Waals surface area contributed by atoms with Crippen LogP contribution in [0.15, 0.2) is 29.3 Å². The Morgan fingerprint density at radius 2 is 2.32 bits per heavy atom. The smallest absolute Gasteiger partial charge is 0.194 e. The zero-order chi connectivity index (χ0) is 16.8. The van der Waals surface area contributed by atoms with Gasteiger partial charge in [0.15, 0.2) is 5.96 Å². The summed E-state index contributed by atoms with van der Waals surface area (Å²) in [6.07, 6.45) is 2.31. The zero-order valence-corrected chi connectivity index (χ0v) is 17.0. The highest BCUT2D eigenvalue weighted by Crippen LogP contribution is 2.38. The Morgan fingerprint density at radius 3 is 3.04 bits per heavy atom. The number of halogens is 2. The Kier molecular flexibility index (Phi) is 7.74. The highest BCUT2D eigenvalue weighted by molar-refractivity contribution is 14.0. The fourth-order valence-corrected chi connectivity index (χ4v) is 3.38. The summed E-state index contributed by atoms with van der Waals surface area (Å²) in [6, 6.07) is 6.19. The van der Waals surface area contributed by atoms with Crippen LogP contribution in [0.4, 0.5) is 4.39 Å². The second kappa shape index (κ2) is 9.56. The van der Waals surface area contributed by atoms with Gasteiger partial charge in [0, 0.05) is 37.7 Å². The molecule has 2 aliphatic heterocycles. The van der Waals surface area contributed by atoms with Gasteiger partial charge in [-0.1, -0.05) is 6.07 Å². The molecule has 1 aromatic rings. The molecule has 0 aliphatic carbocycles. The molecule has 2 saturated heterocycles. The van der Waals surface area contributed by atoms with Crippen molar-refractivity contribution in [2.24, 2.45) is 10.4 Å². The molecule has 1 spiro atoms. The summed E-state index contributed by atoms with van der Waals surface area (Å²) in [7, 11) is 0. The number of ether oxygens (including phenoxy) is 2. The fraction of sp³-hybridized carbons (Fsp3) is 0.611. The van der Waals surface area contributed by atoms with Crippen LogP contribution in [0.1, 0.15) is 19.8 Å². The minimum atomic E-state index is -0.287. The molecule has 1 atom stereocenters. The van der Waals surface area contributed by atoms with E-state index in [9.17, 15) is 4.39 Å². The highest BCUT2D eigenvalue weighted by Gasteiger charge is 2.42. The van der Waals surface area contributed by atoms with Gasteiger partial charge in [-0.3, -0.25) is 0 Å². The molecule has 5 nitrogen and oxygen atoms in total. The molecular weight excluding hydrogens is 436 g/mol. The van der Waals surface area contributed by atoms with Gasteiger partial charge in [0.1, 0.15) is 18.2 Å². The number of hydrogen-bond donors (Lipinski definition) is 1. The van der Waals surface area contributed by atoms with Gasteiger partial charge in [-0.05, 0) is 31.9 Å². The third kappa shape index (κ3) is 5.44. The predicted molar refractivity (Wildman–Crippen MR) is 107 cm³/mol. The van der Waals surface area contributed by atoms with Gasteiger partial charge >= 0.3 is 0 Å². The lowest BCUT2D eigenvalue weighted by atomic mass is 9.87. The molecule has 2 fully saturated rings. The quantitative estimate of drug-likeness (QED) is 0.316. The van der Waals surface area contributed by atoms with Crippen molar-refractivity contribution in [1.29, 1.82) is 0 Å². The first-order chi connectivity index (χ1) is 11.7. The van der Waals surface area contributed by atoms with Crippen LogP contribution in [0.3, 0.4) is 0 Å². The number of likely N-dealkylation sites (tertiary alicyclic amines) is 1. The summed E-state index contributed by atoms with van der Waals surface area (Å²) in [5.41, 5.74) is 0.314. The molecule has 25 heavy (non-hydrogen) atoms. The SMILES string of the molecule is CCNC(=NCCOc1cccc(F)c1)N1CCC2(CCOC2)C1.I. The van der Waals surface area contributed by atoms with Gasteiger partial charge in [-0.15, -0.1) is 24.0 Å².